The Kier molecular flexibility index (Phi) is 4.58. The first-order valence-electron chi connectivity index (χ1n) is 7.05. The van der Waals surface area contributed by atoms with Crippen LogP contribution in [0.1, 0.15) is 49.3 Å². The average Bonchev–Trinajstić information content (AvgIpc) is 2.46. The molecule has 1 saturated carbocycles. The van der Waals surface area contributed by atoms with Crippen molar-refractivity contribution in [1.29, 1.82) is 0 Å². The molecule has 2 rings (SSSR count). The molecule has 1 aliphatic rings. The summed E-state index contributed by atoms with van der Waals surface area (Å²) in [6, 6.07) is 2.40. The largest absolute Gasteiger partial charge is 0.416 e. The molecular weight excluding hydrogens is 286 g/mol. The SMILES string of the molecule is NCC1(C(O)c2ccc(F)cc2C(F)(F)F)CCCCC1. The van der Waals surface area contributed by atoms with Crippen LogP contribution in [-0.2, 0) is 6.18 Å². The molecule has 0 saturated heterocycles. The maximum atomic E-state index is 13.2. The fourth-order valence-corrected chi connectivity index (χ4v) is 3.19. The number of rotatable bonds is 3. The highest BCUT2D eigenvalue weighted by molar-refractivity contribution is 5.33. The summed E-state index contributed by atoms with van der Waals surface area (Å²) in [4.78, 5) is 0. The van der Waals surface area contributed by atoms with Gasteiger partial charge in [0.25, 0.3) is 0 Å². The van der Waals surface area contributed by atoms with Gasteiger partial charge >= 0.3 is 6.18 Å². The Bertz CT molecular complexity index is 495. The highest BCUT2D eigenvalue weighted by Gasteiger charge is 2.43. The highest BCUT2D eigenvalue weighted by atomic mass is 19.4. The summed E-state index contributed by atoms with van der Waals surface area (Å²) in [6.07, 6.45) is -2.22. The number of hydrogen-bond acceptors (Lipinski definition) is 2. The summed E-state index contributed by atoms with van der Waals surface area (Å²) in [5.41, 5.74) is 3.60. The van der Waals surface area contributed by atoms with Crippen LogP contribution in [0.15, 0.2) is 18.2 Å². The van der Waals surface area contributed by atoms with Crippen LogP contribution in [0, 0.1) is 11.2 Å². The first-order chi connectivity index (χ1) is 9.80. The third-order valence-corrected chi connectivity index (χ3v) is 4.45. The van der Waals surface area contributed by atoms with Crippen molar-refractivity contribution in [3.05, 3.63) is 35.1 Å². The van der Waals surface area contributed by atoms with Gasteiger partial charge in [-0.1, -0.05) is 25.3 Å². The van der Waals surface area contributed by atoms with Gasteiger partial charge in [-0.25, -0.2) is 4.39 Å². The molecule has 1 atom stereocenters. The number of aliphatic hydroxyl groups is 1. The number of aliphatic hydroxyl groups excluding tert-OH is 1. The molecule has 1 fully saturated rings. The second-order valence-corrected chi connectivity index (χ2v) is 5.76. The Morgan fingerprint density at radius 3 is 2.33 bits per heavy atom. The Morgan fingerprint density at radius 1 is 1.19 bits per heavy atom. The Labute approximate surface area is 121 Å². The lowest BCUT2D eigenvalue weighted by Gasteiger charge is -2.41. The van der Waals surface area contributed by atoms with Crippen LogP contribution in [0.5, 0.6) is 0 Å². The van der Waals surface area contributed by atoms with Gasteiger partial charge < -0.3 is 10.8 Å². The van der Waals surface area contributed by atoms with Crippen molar-refractivity contribution < 1.29 is 22.7 Å². The number of halogens is 4. The molecule has 0 heterocycles. The van der Waals surface area contributed by atoms with E-state index in [0.29, 0.717) is 18.9 Å². The van der Waals surface area contributed by atoms with Crippen LogP contribution in [0.25, 0.3) is 0 Å². The zero-order valence-electron chi connectivity index (χ0n) is 11.6. The molecular formula is C15H19F4NO. The van der Waals surface area contributed by atoms with Gasteiger partial charge in [0.2, 0.25) is 0 Å². The van der Waals surface area contributed by atoms with Crippen LogP contribution in [-0.4, -0.2) is 11.7 Å². The second-order valence-electron chi connectivity index (χ2n) is 5.76. The highest BCUT2D eigenvalue weighted by Crippen LogP contribution is 2.48. The minimum absolute atomic E-state index is 0.114. The standard InChI is InChI=1S/C15H19F4NO/c16-10-4-5-11(12(8-10)15(17,18)19)13(21)14(9-20)6-2-1-3-7-14/h4-5,8,13,21H,1-3,6-7,9,20H2. The Balaban J connectivity index is 2.45. The first kappa shape index (κ1) is 16.2. The first-order valence-corrected chi connectivity index (χ1v) is 7.05. The molecule has 1 aromatic rings. The molecule has 1 aliphatic carbocycles. The van der Waals surface area contributed by atoms with E-state index in [4.69, 9.17) is 5.73 Å². The molecule has 0 aromatic heterocycles. The maximum Gasteiger partial charge on any atom is 0.416 e. The predicted octanol–water partition coefficient (Wildman–Crippen LogP) is 3.79. The molecule has 0 spiro atoms. The van der Waals surface area contributed by atoms with Crippen LogP contribution >= 0.6 is 0 Å². The number of hydrogen-bond donors (Lipinski definition) is 2. The van der Waals surface area contributed by atoms with Crippen molar-refractivity contribution in [2.45, 2.75) is 44.4 Å². The summed E-state index contributed by atoms with van der Waals surface area (Å²) in [5.74, 6) is -0.969. The Hall–Kier alpha value is -1.14. The lowest BCUT2D eigenvalue weighted by atomic mass is 9.68. The van der Waals surface area contributed by atoms with Gasteiger partial charge in [0, 0.05) is 12.0 Å². The van der Waals surface area contributed by atoms with Gasteiger partial charge in [0.15, 0.2) is 0 Å². The molecule has 0 amide bonds. The molecule has 1 aromatic carbocycles. The molecule has 21 heavy (non-hydrogen) atoms. The van der Waals surface area contributed by atoms with Crippen LogP contribution < -0.4 is 5.73 Å². The molecule has 0 radical (unpaired) electrons. The molecule has 0 aliphatic heterocycles. The second kappa shape index (κ2) is 5.93. The smallest absolute Gasteiger partial charge is 0.388 e. The molecule has 6 heteroatoms. The van der Waals surface area contributed by atoms with Crippen molar-refractivity contribution in [2.75, 3.05) is 6.54 Å². The van der Waals surface area contributed by atoms with Gasteiger partial charge in [-0.3, -0.25) is 0 Å². The fourth-order valence-electron chi connectivity index (χ4n) is 3.19. The van der Waals surface area contributed by atoms with E-state index < -0.39 is 29.1 Å². The van der Waals surface area contributed by atoms with E-state index in [9.17, 15) is 22.7 Å². The van der Waals surface area contributed by atoms with Crippen molar-refractivity contribution in [3.8, 4) is 0 Å². The predicted molar refractivity (Wildman–Crippen MR) is 70.9 cm³/mol. The van der Waals surface area contributed by atoms with Gasteiger partial charge in [0.05, 0.1) is 11.7 Å². The van der Waals surface area contributed by atoms with E-state index in [2.05, 4.69) is 0 Å². The summed E-state index contributed by atoms with van der Waals surface area (Å²) in [6.45, 7) is 0.114. The molecule has 1 unspecified atom stereocenters. The van der Waals surface area contributed by atoms with Crippen molar-refractivity contribution in [3.63, 3.8) is 0 Å². The minimum atomic E-state index is -4.71. The summed E-state index contributed by atoms with van der Waals surface area (Å²) in [7, 11) is 0. The van der Waals surface area contributed by atoms with E-state index in [1.807, 2.05) is 0 Å². The van der Waals surface area contributed by atoms with E-state index in [1.165, 1.54) is 0 Å². The van der Waals surface area contributed by atoms with Crippen LogP contribution in [0.2, 0.25) is 0 Å². The van der Waals surface area contributed by atoms with Crippen LogP contribution in [0.3, 0.4) is 0 Å². The average molecular weight is 305 g/mol. The molecule has 2 nitrogen and oxygen atoms in total. The monoisotopic (exact) mass is 305 g/mol. The zero-order chi connectivity index (χ0) is 15.7. The van der Waals surface area contributed by atoms with E-state index in [0.717, 1.165) is 31.4 Å². The quantitative estimate of drug-likeness (QED) is 0.835. The summed E-state index contributed by atoms with van der Waals surface area (Å²) < 4.78 is 52.4. The summed E-state index contributed by atoms with van der Waals surface area (Å²) in [5, 5.41) is 10.5. The maximum absolute atomic E-state index is 13.2. The normalized spacial score (nSPS) is 20.3. The van der Waals surface area contributed by atoms with E-state index in [1.54, 1.807) is 0 Å². The summed E-state index contributed by atoms with van der Waals surface area (Å²) >= 11 is 0. The third-order valence-electron chi connectivity index (χ3n) is 4.45. The lowest BCUT2D eigenvalue weighted by Crippen LogP contribution is -2.39. The fraction of sp³-hybridized carbons (Fsp3) is 0.600. The Morgan fingerprint density at radius 2 is 1.81 bits per heavy atom. The van der Waals surface area contributed by atoms with E-state index >= 15 is 0 Å². The van der Waals surface area contributed by atoms with Crippen molar-refractivity contribution in [2.24, 2.45) is 11.1 Å². The zero-order valence-corrected chi connectivity index (χ0v) is 11.6. The minimum Gasteiger partial charge on any atom is -0.388 e. The molecule has 3 N–H and O–H groups in total. The number of benzene rings is 1. The third kappa shape index (κ3) is 3.21. The van der Waals surface area contributed by atoms with Gasteiger partial charge in [-0.15, -0.1) is 0 Å². The van der Waals surface area contributed by atoms with Gasteiger partial charge in [-0.2, -0.15) is 13.2 Å². The van der Waals surface area contributed by atoms with Gasteiger partial charge in [0.1, 0.15) is 5.82 Å². The number of nitrogens with two attached hydrogens (primary N) is 1. The van der Waals surface area contributed by atoms with Crippen molar-refractivity contribution >= 4 is 0 Å². The number of alkyl halides is 3. The van der Waals surface area contributed by atoms with E-state index in [-0.39, 0.29) is 12.1 Å². The topological polar surface area (TPSA) is 46.2 Å². The van der Waals surface area contributed by atoms with Crippen LogP contribution in [0.4, 0.5) is 17.6 Å². The lowest BCUT2D eigenvalue weighted by molar-refractivity contribution is -0.140. The molecule has 118 valence electrons. The van der Waals surface area contributed by atoms with Crippen molar-refractivity contribution in [1.82, 2.24) is 0 Å². The molecule has 0 bridgehead atoms. The van der Waals surface area contributed by atoms with Gasteiger partial charge in [-0.05, 0) is 30.5 Å².